The van der Waals surface area contributed by atoms with Crippen molar-refractivity contribution in [3.8, 4) is 0 Å². The van der Waals surface area contributed by atoms with Crippen molar-refractivity contribution in [1.82, 2.24) is 20.4 Å². The molecule has 1 aliphatic heterocycles. The molecule has 0 spiro atoms. The fourth-order valence-electron chi connectivity index (χ4n) is 2.75. The molecule has 1 unspecified atom stereocenters. The molecular weight excluding hydrogens is 252 g/mol. The van der Waals surface area contributed by atoms with Crippen LogP contribution in [-0.4, -0.2) is 35.3 Å². The number of rotatable bonds is 4. The van der Waals surface area contributed by atoms with E-state index in [0.717, 1.165) is 31.7 Å². The highest BCUT2D eigenvalue weighted by Crippen LogP contribution is 2.18. The summed E-state index contributed by atoms with van der Waals surface area (Å²) in [5.74, 6) is 0.692. The van der Waals surface area contributed by atoms with Crippen molar-refractivity contribution in [2.24, 2.45) is 5.92 Å². The van der Waals surface area contributed by atoms with Crippen LogP contribution in [-0.2, 0) is 5.54 Å². The van der Waals surface area contributed by atoms with Gasteiger partial charge in [-0.25, -0.2) is 0 Å². The number of nitrogens with one attached hydrogen (secondary N) is 2. The zero-order valence-electron chi connectivity index (χ0n) is 13.0. The van der Waals surface area contributed by atoms with Gasteiger partial charge in [0.15, 0.2) is 0 Å². The maximum atomic E-state index is 12.2. The summed E-state index contributed by atoms with van der Waals surface area (Å²) < 4.78 is 1.91. The van der Waals surface area contributed by atoms with Crippen LogP contribution in [0.5, 0.6) is 0 Å². The second kappa shape index (κ2) is 5.95. The Hall–Kier alpha value is -1.36. The fraction of sp³-hybridized carbons (Fsp3) is 0.733. The SMILES string of the molecule is Cc1c(C(=O)NCCC2CCNC2)cnn1C(C)(C)C. The highest BCUT2D eigenvalue weighted by molar-refractivity contribution is 5.95. The fourth-order valence-corrected chi connectivity index (χ4v) is 2.75. The zero-order valence-corrected chi connectivity index (χ0v) is 13.0. The molecule has 5 nitrogen and oxygen atoms in total. The summed E-state index contributed by atoms with van der Waals surface area (Å²) in [6, 6.07) is 0. The Morgan fingerprint density at radius 2 is 2.30 bits per heavy atom. The third-order valence-corrected chi connectivity index (χ3v) is 3.89. The van der Waals surface area contributed by atoms with Crippen molar-refractivity contribution in [2.75, 3.05) is 19.6 Å². The standard InChI is InChI=1S/C15H26N4O/c1-11-13(10-18-19(11)15(2,3)4)14(20)17-8-6-12-5-7-16-9-12/h10,12,16H,5-9H2,1-4H3,(H,17,20). The molecule has 2 N–H and O–H groups in total. The summed E-state index contributed by atoms with van der Waals surface area (Å²) in [4.78, 5) is 12.2. The van der Waals surface area contributed by atoms with E-state index in [1.807, 2.05) is 11.6 Å². The lowest BCUT2D eigenvalue weighted by Gasteiger charge is -2.21. The van der Waals surface area contributed by atoms with Gasteiger partial charge in [-0.05, 0) is 59.5 Å². The van der Waals surface area contributed by atoms with Gasteiger partial charge in [0.2, 0.25) is 0 Å². The van der Waals surface area contributed by atoms with Crippen molar-refractivity contribution < 1.29 is 4.79 Å². The largest absolute Gasteiger partial charge is 0.352 e. The van der Waals surface area contributed by atoms with Gasteiger partial charge in [-0.2, -0.15) is 5.10 Å². The lowest BCUT2D eigenvalue weighted by Crippen LogP contribution is -2.28. The maximum absolute atomic E-state index is 12.2. The van der Waals surface area contributed by atoms with E-state index < -0.39 is 0 Å². The normalized spacial score (nSPS) is 19.3. The van der Waals surface area contributed by atoms with E-state index >= 15 is 0 Å². The maximum Gasteiger partial charge on any atom is 0.254 e. The molecule has 0 radical (unpaired) electrons. The molecule has 1 aromatic rings. The van der Waals surface area contributed by atoms with Crippen molar-refractivity contribution in [3.05, 3.63) is 17.5 Å². The molecule has 1 atom stereocenters. The highest BCUT2D eigenvalue weighted by atomic mass is 16.1. The zero-order chi connectivity index (χ0) is 14.8. The van der Waals surface area contributed by atoms with Crippen LogP contribution in [0, 0.1) is 12.8 Å². The Morgan fingerprint density at radius 1 is 1.55 bits per heavy atom. The van der Waals surface area contributed by atoms with Crippen LogP contribution in [0.4, 0.5) is 0 Å². The second-order valence-corrected chi connectivity index (χ2v) is 6.63. The predicted octanol–water partition coefficient (Wildman–Crippen LogP) is 1.68. The Balaban J connectivity index is 1.90. The van der Waals surface area contributed by atoms with Crippen LogP contribution in [0.3, 0.4) is 0 Å². The van der Waals surface area contributed by atoms with E-state index in [1.165, 1.54) is 6.42 Å². The van der Waals surface area contributed by atoms with Gasteiger partial charge in [-0.15, -0.1) is 0 Å². The third kappa shape index (κ3) is 3.39. The van der Waals surface area contributed by atoms with Crippen LogP contribution in [0.2, 0.25) is 0 Å². The smallest absolute Gasteiger partial charge is 0.254 e. The lowest BCUT2D eigenvalue weighted by molar-refractivity contribution is 0.0951. The molecule has 112 valence electrons. The van der Waals surface area contributed by atoms with Gasteiger partial charge in [-0.1, -0.05) is 0 Å². The summed E-state index contributed by atoms with van der Waals surface area (Å²) in [7, 11) is 0. The molecule has 0 bridgehead atoms. The Labute approximate surface area is 121 Å². The van der Waals surface area contributed by atoms with Crippen LogP contribution in [0.1, 0.15) is 49.7 Å². The second-order valence-electron chi connectivity index (χ2n) is 6.63. The first-order chi connectivity index (χ1) is 9.39. The van der Waals surface area contributed by atoms with E-state index in [4.69, 9.17) is 0 Å². The topological polar surface area (TPSA) is 59.0 Å². The lowest BCUT2D eigenvalue weighted by atomic mass is 10.1. The molecule has 2 heterocycles. The first-order valence-corrected chi connectivity index (χ1v) is 7.43. The Morgan fingerprint density at radius 3 is 2.85 bits per heavy atom. The summed E-state index contributed by atoms with van der Waals surface area (Å²) in [6.45, 7) is 11.1. The van der Waals surface area contributed by atoms with Crippen LogP contribution in [0.25, 0.3) is 0 Å². The summed E-state index contributed by atoms with van der Waals surface area (Å²) in [5.41, 5.74) is 1.51. The van der Waals surface area contributed by atoms with Gasteiger partial charge in [0.1, 0.15) is 0 Å². The van der Waals surface area contributed by atoms with E-state index in [2.05, 4.69) is 36.5 Å². The van der Waals surface area contributed by atoms with E-state index in [9.17, 15) is 4.79 Å². The van der Waals surface area contributed by atoms with Crippen LogP contribution < -0.4 is 10.6 Å². The van der Waals surface area contributed by atoms with Crippen molar-refractivity contribution >= 4 is 5.91 Å². The first kappa shape index (κ1) is 15.0. The van der Waals surface area contributed by atoms with Gasteiger partial charge in [0.25, 0.3) is 5.91 Å². The molecule has 20 heavy (non-hydrogen) atoms. The van der Waals surface area contributed by atoms with Gasteiger partial charge < -0.3 is 10.6 Å². The van der Waals surface area contributed by atoms with E-state index in [-0.39, 0.29) is 11.4 Å². The Kier molecular flexibility index (Phi) is 4.48. The molecule has 1 fully saturated rings. The van der Waals surface area contributed by atoms with Gasteiger partial charge in [0.05, 0.1) is 17.3 Å². The van der Waals surface area contributed by atoms with Gasteiger partial charge >= 0.3 is 0 Å². The van der Waals surface area contributed by atoms with Gasteiger partial charge in [-0.3, -0.25) is 9.48 Å². The summed E-state index contributed by atoms with van der Waals surface area (Å²) in [5, 5.41) is 10.7. The first-order valence-electron chi connectivity index (χ1n) is 7.43. The number of hydrogen-bond acceptors (Lipinski definition) is 3. The number of aromatic nitrogens is 2. The average molecular weight is 278 g/mol. The molecule has 5 heteroatoms. The van der Waals surface area contributed by atoms with E-state index in [0.29, 0.717) is 11.5 Å². The minimum atomic E-state index is -0.0991. The number of carbonyl (C=O) groups excluding carboxylic acids is 1. The molecule has 2 rings (SSSR count). The predicted molar refractivity (Wildman–Crippen MR) is 79.9 cm³/mol. The third-order valence-electron chi connectivity index (χ3n) is 3.89. The molecule has 1 aliphatic rings. The quantitative estimate of drug-likeness (QED) is 0.881. The molecule has 1 aromatic heterocycles. The number of amides is 1. The molecule has 0 aromatic carbocycles. The van der Waals surface area contributed by atoms with Crippen LogP contribution in [0.15, 0.2) is 6.20 Å². The molecule has 0 aliphatic carbocycles. The number of hydrogen-bond donors (Lipinski definition) is 2. The van der Waals surface area contributed by atoms with E-state index in [1.54, 1.807) is 6.20 Å². The van der Waals surface area contributed by atoms with Gasteiger partial charge in [0, 0.05) is 12.2 Å². The molecule has 0 saturated carbocycles. The van der Waals surface area contributed by atoms with Crippen LogP contribution >= 0.6 is 0 Å². The van der Waals surface area contributed by atoms with Crippen molar-refractivity contribution in [1.29, 1.82) is 0 Å². The summed E-state index contributed by atoms with van der Waals surface area (Å²) in [6.07, 6.45) is 3.94. The minimum absolute atomic E-state index is 0.0102. The Bertz CT molecular complexity index is 467. The minimum Gasteiger partial charge on any atom is -0.352 e. The highest BCUT2D eigenvalue weighted by Gasteiger charge is 2.21. The molecule has 1 amide bonds. The number of carbonyl (C=O) groups is 1. The monoisotopic (exact) mass is 278 g/mol. The average Bonchev–Trinajstić information content (AvgIpc) is 2.97. The molecule has 1 saturated heterocycles. The summed E-state index contributed by atoms with van der Waals surface area (Å²) >= 11 is 0. The molecular formula is C15H26N4O. The van der Waals surface area contributed by atoms with Crippen molar-refractivity contribution in [2.45, 2.75) is 46.1 Å². The number of nitrogens with zero attached hydrogens (tertiary/aromatic N) is 2. The van der Waals surface area contributed by atoms with Crippen molar-refractivity contribution in [3.63, 3.8) is 0 Å².